The molecule has 2 atom stereocenters. The maximum absolute atomic E-state index is 12.9. The van der Waals surface area contributed by atoms with Crippen LogP contribution in [0.5, 0.6) is 11.5 Å². The van der Waals surface area contributed by atoms with Crippen LogP contribution in [0.4, 0.5) is 0 Å². The number of hydrogen-bond donors (Lipinski definition) is 3. The Kier molecular flexibility index (Phi) is 19.4. The minimum absolute atomic E-state index is 0.00846. The van der Waals surface area contributed by atoms with Crippen molar-refractivity contribution >= 4 is 55.4 Å². The van der Waals surface area contributed by atoms with E-state index in [4.69, 9.17) is 51.6 Å². The standard InChI is InChI=1S/C24H29ClN2O7.C22H23ClN2O6.C14H14O5S2/c1-3-33-23(31)17-12-26-20(11-21(17)30)15-9-18(25)22(34-8-4-7-32-2)10-16(15)19-5-6-24(13-28,14-29)27(19)26;1-29-5-2-6-31-20-8-14-13(7-16(20)23)18-9-19(26)15(21(27)28)10-24(18)25-17(14)3-4-22(25)11-30-12-22;1-11-3-7-13(8-4-11)20(15,16)19-21(17,18)14-9-5-12(2)6-10-14/h9-12,19,28-29H,3-8,13-14H2,1-2H3;7-10,17H,2-6,11-12H2,1H3,(H,27,28);3-10H,1-2H3/t19-;17-;/m11./s1. The van der Waals surface area contributed by atoms with Gasteiger partial charge in [0.2, 0.25) is 0 Å². The highest BCUT2D eigenvalue weighted by molar-refractivity contribution is 7.99. The summed E-state index contributed by atoms with van der Waals surface area (Å²) in [6.07, 6.45) is 7.26. The molecular weight excluding hydrogens is 1200 g/mol. The molecule has 5 aliphatic rings. The minimum atomic E-state index is -4.38. The second-order valence-electron chi connectivity index (χ2n) is 21.4. The lowest BCUT2D eigenvalue weighted by atomic mass is 9.94. The van der Waals surface area contributed by atoms with Gasteiger partial charge in [-0.25, -0.2) is 9.59 Å². The predicted molar refractivity (Wildman–Crippen MR) is 318 cm³/mol. The van der Waals surface area contributed by atoms with Crippen LogP contribution in [-0.4, -0.2) is 138 Å². The number of esters is 1. The van der Waals surface area contributed by atoms with Gasteiger partial charge in [0, 0.05) is 75.9 Å². The van der Waals surface area contributed by atoms with Gasteiger partial charge in [-0.3, -0.25) is 29.0 Å². The van der Waals surface area contributed by atoms with Gasteiger partial charge in [0.15, 0.2) is 10.9 Å². The number of nitrogens with zero attached hydrogens (tertiary/aromatic N) is 4. The molecule has 7 heterocycles. The number of ether oxygens (including phenoxy) is 6. The van der Waals surface area contributed by atoms with Gasteiger partial charge in [-0.1, -0.05) is 58.6 Å². The summed E-state index contributed by atoms with van der Waals surface area (Å²) in [5.41, 5.74) is 3.73. The number of halogens is 2. The summed E-state index contributed by atoms with van der Waals surface area (Å²) in [7, 11) is -5.49. The van der Waals surface area contributed by atoms with Gasteiger partial charge in [-0.15, -0.1) is 3.63 Å². The first kappa shape index (κ1) is 63.7. The lowest BCUT2D eigenvalue weighted by Gasteiger charge is -2.51. The predicted octanol–water partition coefficient (Wildman–Crippen LogP) is 7.51. The monoisotopic (exact) mass is 1260 g/mol. The first-order valence-corrected chi connectivity index (χ1v) is 31.2. The maximum Gasteiger partial charge on any atom is 0.343 e. The first-order chi connectivity index (χ1) is 41.1. The summed E-state index contributed by atoms with van der Waals surface area (Å²) in [6.45, 7) is 8.00. The Morgan fingerprint density at radius 1 is 0.651 bits per heavy atom. The third-order valence-electron chi connectivity index (χ3n) is 15.7. The summed E-state index contributed by atoms with van der Waals surface area (Å²) >= 11 is 13.1. The van der Waals surface area contributed by atoms with E-state index in [9.17, 15) is 51.3 Å². The van der Waals surface area contributed by atoms with Crippen LogP contribution in [0.1, 0.15) is 101 Å². The average Bonchev–Trinajstić information content (AvgIpc) is 1.44. The summed E-state index contributed by atoms with van der Waals surface area (Å²) < 4.78 is 88.4. The van der Waals surface area contributed by atoms with Gasteiger partial charge >= 0.3 is 32.2 Å². The van der Waals surface area contributed by atoms with Crippen LogP contribution in [0.25, 0.3) is 22.5 Å². The second-order valence-corrected chi connectivity index (χ2v) is 25.5. The van der Waals surface area contributed by atoms with Crippen LogP contribution < -0.4 is 30.3 Å². The molecule has 26 heteroatoms. The van der Waals surface area contributed by atoms with Crippen LogP contribution in [0.3, 0.4) is 0 Å². The summed E-state index contributed by atoms with van der Waals surface area (Å²) in [6, 6.07) is 21.4. The van der Waals surface area contributed by atoms with E-state index >= 15 is 0 Å². The Morgan fingerprint density at radius 3 is 1.55 bits per heavy atom. The molecule has 5 aliphatic heterocycles. The van der Waals surface area contributed by atoms with Crippen molar-refractivity contribution in [3.8, 4) is 34.0 Å². The number of rotatable bonds is 19. The van der Waals surface area contributed by atoms with Crippen molar-refractivity contribution in [3.63, 3.8) is 0 Å². The Bertz CT molecular complexity index is 3800. The molecule has 4 aromatic carbocycles. The second kappa shape index (κ2) is 26.2. The largest absolute Gasteiger partial charge is 0.492 e. The van der Waals surface area contributed by atoms with Gasteiger partial charge in [0.1, 0.15) is 33.7 Å². The van der Waals surface area contributed by atoms with E-state index < -0.39 is 48.6 Å². The number of aromatic nitrogens is 2. The lowest BCUT2D eigenvalue weighted by Crippen LogP contribution is -2.64. The van der Waals surface area contributed by atoms with Crippen LogP contribution in [-0.2, 0) is 42.8 Å². The van der Waals surface area contributed by atoms with Crippen LogP contribution in [0, 0.1) is 13.8 Å². The number of carboxylic acids is 1. The number of methoxy groups -OCH3 is 2. The number of benzene rings is 4. The SMILES string of the molecule is CCOC(=O)c1cn2c(cc1=O)-c1cc(Cl)c(OCCCOC)cc1[C@H]1CCC(CO)(CO)N12.COCCCOc1cc2c(cc1Cl)-c1cc(=O)c(C(=O)O)cn1N1[C@@H]2CCC12COC2.Cc1ccc(S(=O)(=O)OS(=O)(=O)c2ccc(C)cc2)cc1. The Labute approximate surface area is 507 Å². The highest BCUT2D eigenvalue weighted by Crippen LogP contribution is 2.53. The normalized spacial score (nSPS) is 17.2. The van der Waals surface area contributed by atoms with Crippen LogP contribution in [0.15, 0.2) is 117 Å². The summed E-state index contributed by atoms with van der Waals surface area (Å²) in [5.74, 6) is -0.847. The van der Waals surface area contributed by atoms with E-state index in [0.717, 1.165) is 52.6 Å². The average molecular weight is 1270 g/mol. The number of carboxylic acid groups (broad SMARTS) is 1. The van der Waals surface area contributed by atoms with E-state index in [1.54, 1.807) is 70.0 Å². The van der Waals surface area contributed by atoms with Crippen molar-refractivity contribution in [1.29, 1.82) is 0 Å². The third kappa shape index (κ3) is 12.6. The highest BCUT2D eigenvalue weighted by Gasteiger charge is 2.55. The molecule has 11 rings (SSSR count). The summed E-state index contributed by atoms with van der Waals surface area (Å²) in [4.78, 5) is 49.0. The van der Waals surface area contributed by atoms with Crippen LogP contribution in [0.2, 0.25) is 10.0 Å². The molecule has 0 unspecified atom stereocenters. The van der Waals surface area contributed by atoms with Gasteiger partial charge in [0.05, 0.1) is 89.6 Å². The molecule has 86 heavy (non-hydrogen) atoms. The van der Waals surface area contributed by atoms with E-state index in [-0.39, 0.29) is 58.4 Å². The van der Waals surface area contributed by atoms with E-state index in [1.807, 2.05) is 27.9 Å². The number of carbonyl (C=O) groups is 2. The van der Waals surface area contributed by atoms with Crippen LogP contribution >= 0.6 is 23.2 Å². The number of aromatic carboxylic acids is 1. The zero-order valence-corrected chi connectivity index (χ0v) is 51.0. The van der Waals surface area contributed by atoms with E-state index in [0.29, 0.717) is 91.8 Å². The fraction of sp³-hybridized carbons (Fsp3) is 0.400. The quantitative estimate of drug-likeness (QED) is 0.0522. The number of aliphatic hydroxyl groups excluding tert-OH is 2. The molecule has 6 aromatic rings. The lowest BCUT2D eigenvalue weighted by molar-refractivity contribution is -0.0616. The van der Waals surface area contributed by atoms with Crippen molar-refractivity contribution in [1.82, 2.24) is 9.35 Å². The van der Waals surface area contributed by atoms with Crippen molar-refractivity contribution in [2.75, 3.05) is 83.7 Å². The third-order valence-corrected chi connectivity index (χ3v) is 19.4. The van der Waals surface area contributed by atoms with Crippen molar-refractivity contribution in [2.24, 2.45) is 0 Å². The van der Waals surface area contributed by atoms with E-state index in [1.165, 1.54) is 48.8 Å². The first-order valence-electron chi connectivity index (χ1n) is 27.6. The molecule has 460 valence electrons. The fourth-order valence-electron chi connectivity index (χ4n) is 11.3. The number of carbonyl (C=O) groups excluding carboxylic acids is 1. The number of fused-ring (bicyclic) bond motifs is 13. The molecule has 0 aliphatic carbocycles. The van der Waals surface area contributed by atoms with Gasteiger partial charge in [-0.05, 0) is 106 Å². The Hall–Kier alpha value is -6.84. The Balaban J connectivity index is 0.000000159. The number of aryl methyl sites for hydroxylation is 2. The van der Waals surface area contributed by atoms with E-state index in [2.05, 4.69) is 8.64 Å². The van der Waals surface area contributed by atoms with Gasteiger partial charge in [0.25, 0.3) is 0 Å². The van der Waals surface area contributed by atoms with Gasteiger partial charge in [-0.2, -0.15) is 16.8 Å². The number of aliphatic hydroxyl groups is 2. The maximum atomic E-state index is 12.9. The topological polar surface area (TPSA) is 278 Å². The molecule has 0 saturated carbocycles. The van der Waals surface area contributed by atoms with Crippen molar-refractivity contribution in [3.05, 3.63) is 161 Å². The molecule has 3 N–H and O–H groups in total. The van der Waals surface area contributed by atoms with Crippen molar-refractivity contribution in [2.45, 2.75) is 92.2 Å². The molecular formula is C60H66Cl2N4O18S2. The number of pyridine rings is 2. The van der Waals surface area contributed by atoms with Crippen molar-refractivity contribution < 1.29 is 73.8 Å². The molecule has 2 aromatic heterocycles. The highest BCUT2D eigenvalue weighted by atomic mass is 35.5. The molecule has 0 amide bonds. The molecule has 0 bridgehead atoms. The zero-order valence-electron chi connectivity index (χ0n) is 47.8. The molecule has 3 fully saturated rings. The number of hydrogen-bond acceptors (Lipinski definition) is 19. The summed E-state index contributed by atoms with van der Waals surface area (Å²) in [5, 5.41) is 35.0. The Morgan fingerprint density at radius 2 is 1.10 bits per heavy atom. The minimum Gasteiger partial charge on any atom is -0.492 e. The molecule has 1 spiro atoms. The molecule has 22 nitrogen and oxygen atoms in total. The zero-order chi connectivity index (χ0) is 61.9. The fourth-order valence-corrected chi connectivity index (χ4v) is 14.3. The van der Waals surface area contributed by atoms with Gasteiger partial charge < -0.3 is 43.7 Å². The molecule has 3 saturated heterocycles. The molecule has 0 radical (unpaired) electrons. The smallest absolute Gasteiger partial charge is 0.343 e.